The van der Waals surface area contributed by atoms with Gasteiger partial charge in [0.05, 0.1) is 47.0 Å². The molecule has 60 heavy (non-hydrogen) atoms. The van der Waals surface area contributed by atoms with Crippen molar-refractivity contribution in [1.29, 1.82) is 0 Å². The lowest BCUT2D eigenvalue weighted by Crippen LogP contribution is -2.56. The highest BCUT2D eigenvalue weighted by Crippen LogP contribution is 2.45. The van der Waals surface area contributed by atoms with Crippen molar-refractivity contribution in [3.63, 3.8) is 0 Å². The molecule has 14 nitrogen and oxygen atoms in total. The number of nitrogens with one attached hydrogen (secondary N) is 2. The van der Waals surface area contributed by atoms with Crippen molar-refractivity contribution in [2.75, 3.05) is 46.0 Å². The van der Waals surface area contributed by atoms with E-state index in [1.54, 1.807) is 28.1 Å². The molecule has 0 fully saturated rings. The number of ether oxygens (including phenoxy) is 4. The molecular formula is C45H61N5O9Si. The van der Waals surface area contributed by atoms with Gasteiger partial charge in [-0.3, -0.25) is 24.5 Å². The van der Waals surface area contributed by atoms with E-state index < -0.39 is 44.5 Å². The van der Waals surface area contributed by atoms with E-state index in [4.69, 9.17) is 23.4 Å². The molecule has 3 aromatic carbocycles. The molecule has 0 aliphatic rings. The van der Waals surface area contributed by atoms with Crippen molar-refractivity contribution in [1.82, 2.24) is 19.5 Å². The zero-order chi connectivity index (χ0) is 43.8. The second-order valence-corrected chi connectivity index (χ2v) is 21.8. The molecule has 1 amide bonds. The quantitative estimate of drug-likeness (QED) is 0.0435. The van der Waals surface area contributed by atoms with Gasteiger partial charge in [-0.25, -0.2) is 4.98 Å². The number of nitrogens with zero attached hydrogens (tertiary/aromatic N) is 3. The monoisotopic (exact) mass is 843 g/mol. The van der Waals surface area contributed by atoms with E-state index in [-0.39, 0.29) is 58.8 Å². The first kappa shape index (κ1) is 46.2. The predicted octanol–water partition coefficient (Wildman–Crippen LogP) is 7.17. The fourth-order valence-corrected chi connectivity index (χ4v) is 13.7. The highest BCUT2D eigenvalue weighted by atomic mass is 28.4. The number of aliphatic hydroxyl groups excluding tert-OH is 2. The van der Waals surface area contributed by atoms with Gasteiger partial charge in [0.1, 0.15) is 22.7 Å². The molecule has 0 aliphatic heterocycles. The van der Waals surface area contributed by atoms with Gasteiger partial charge in [-0.1, -0.05) is 110 Å². The van der Waals surface area contributed by atoms with Crippen LogP contribution in [-0.4, -0.2) is 90.2 Å². The van der Waals surface area contributed by atoms with Crippen LogP contribution in [0.15, 0.2) is 90.0 Å². The molecule has 0 radical (unpaired) electrons. The highest BCUT2D eigenvalue weighted by Gasteiger charge is 2.49. The Morgan fingerprint density at radius 2 is 1.33 bits per heavy atom. The molecule has 0 aliphatic carbocycles. The largest absolute Gasteiger partial charge is 0.497 e. The zero-order valence-electron chi connectivity index (χ0n) is 36.4. The summed E-state index contributed by atoms with van der Waals surface area (Å²) < 4.78 is 33.9. The number of fused-ring (bicyclic) bond motifs is 1. The lowest BCUT2D eigenvalue weighted by molar-refractivity contribution is -0.210. The van der Waals surface area contributed by atoms with Gasteiger partial charge in [-0.05, 0) is 57.6 Å². The van der Waals surface area contributed by atoms with E-state index in [1.807, 2.05) is 78.9 Å². The summed E-state index contributed by atoms with van der Waals surface area (Å²) in [5.41, 5.74) is -0.592. The van der Waals surface area contributed by atoms with Crippen LogP contribution in [0.25, 0.3) is 11.2 Å². The van der Waals surface area contributed by atoms with Crippen molar-refractivity contribution in [3.8, 4) is 11.5 Å². The number of benzene rings is 3. The minimum absolute atomic E-state index is 0.0327. The number of hydrogen-bond donors (Lipinski definition) is 4. The van der Waals surface area contributed by atoms with Crippen LogP contribution in [0.4, 0.5) is 5.95 Å². The topological polar surface area (TPSA) is 179 Å². The van der Waals surface area contributed by atoms with Crippen LogP contribution in [0, 0.1) is 5.92 Å². The fraction of sp³-hybridized carbons (Fsp3) is 0.467. The number of aromatic nitrogens is 4. The number of rotatable bonds is 21. The summed E-state index contributed by atoms with van der Waals surface area (Å²) in [4.78, 5) is 37.2. The third-order valence-electron chi connectivity index (χ3n) is 11.4. The molecule has 5 rings (SSSR count). The van der Waals surface area contributed by atoms with E-state index >= 15 is 0 Å². The molecule has 2 heterocycles. The Kier molecular flexibility index (Phi) is 15.1. The van der Waals surface area contributed by atoms with Gasteiger partial charge in [-0.2, -0.15) is 4.98 Å². The summed E-state index contributed by atoms with van der Waals surface area (Å²) in [6, 6.07) is 25.0. The number of imidazole rings is 1. The van der Waals surface area contributed by atoms with Gasteiger partial charge in [0.2, 0.25) is 11.9 Å². The Bertz CT molecular complexity index is 2140. The van der Waals surface area contributed by atoms with Crippen LogP contribution < -0.4 is 20.3 Å². The van der Waals surface area contributed by atoms with Crippen LogP contribution in [0.2, 0.25) is 16.6 Å². The number of anilines is 1. The average molecular weight is 844 g/mol. The zero-order valence-corrected chi connectivity index (χ0v) is 37.4. The van der Waals surface area contributed by atoms with E-state index in [9.17, 15) is 19.8 Å². The molecule has 0 saturated carbocycles. The first-order valence-electron chi connectivity index (χ1n) is 20.4. The maximum absolute atomic E-state index is 13.2. The average Bonchev–Trinajstić information content (AvgIpc) is 3.67. The number of carbonyl (C=O) groups excluding carboxylic acids is 1. The normalized spacial score (nSPS) is 13.9. The molecule has 0 unspecified atom stereocenters. The van der Waals surface area contributed by atoms with Crippen LogP contribution in [0.5, 0.6) is 11.5 Å². The highest BCUT2D eigenvalue weighted by molar-refractivity contribution is 6.77. The molecular weight excluding hydrogens is 783 g/mol. The van der Waals surface area contributed by atoms with Crippen molar-refractivity contribution in [2.24, 2.45) is 5.92 Å². The summed E-state index contributed by atoms with van der Waals surface area (Å²) in [5.74, 6) is 0.499. The molecule has 0 saturated heterocycles. The SMILES string of the molecule is COc1ccc(C(OC[C@@](CO)(CO[Si](C(C)C)(C(C)C)C(C)C)O[C@H](CO)n2cnc3c(=O)[nH]c(NC(=O)C(C)C)nc32)(c2ccccc2)c2ccc(OC)cc2)cc1. The molecule has 15 heteroatoms. The lowest BCUT2D eigenvalue weighted by atomic mass is 9.79. The molecule has 5 aromatic rings. The van der Waals surface area contributed by atoms with E-state index in [0.29, 0.717) is 11.5 Å². The van der Waals surface area contributed by atoms with E-state index in [1.165, 1.54) is 10.9 Å². The summed E-state index contributed by atoms with van der Waals surface area (Å²) in [7, 11) is 0.608. The first-order chi connectivity index (χ1) is 28.6. The third-order valence-corrected chi connectivity index (χ3v) is 17.4. The number of carbonyl (C=O) groups is 1. The van der Waals surface area contributed by atoms with Crippen LogP contribution in [-0.2, 0) is 24.3 Å². The maximum atomic E-state index is 13.2. The molecule has 2 aromatic heterocycles. The Morgan fingerprint density at radius 3 is 1.80 bits per heavy atom. The summed E-state index contributed by atoms with van der Waals surface area (Å²) in [6.45, 7) is 14.9. The van der Waals surface area contributed by atoms with Crippen LogP contribution in [0.1, 0.15) is 78.3 Å². The number of methoxy groups -OCH3 is 2. The van der Waals surface area contributed by atoms with Gasteiger partial charge in [0.25, 0.3) is 5.56 Å². The first-order valence-corrected chi connectivity index (χ1v) is 22.5. The van der Waals surface area contributed by atoms with Gasteiger partial charge in [0.15, 0.2) is 25.7 Å². The molecule has 2 atom stereocenters. The minimum Gasteiger partial charge on any atom is -0.497 e. The number of aromatic amines is 1. The number of aliphatic hydroxyl groups is 2. The molecule has 0 bridgehead atoms. The molecule has 0 spiro atoms. The maximum Gasteiger partial charge on any atom is 0.280 e. The van der Waals surface area contributed by atoms with Crippen molar-refractivity contribution in [2.45, 2.75) is 89.4 Å². The molecule has 324 valence electrons. The standard InChI is InChI=1S/C45H61N5O9Si/c1-29(2)41(53)48-43-47-40-39(42(54)49-43)46-28-50(40)38(24-51)59-44(25-52,27-58-60(30(3)4,31(5)6)32(7)8)26-57-45(33-14-12-11-13-15-33,34-16-20-36(55-9)21-17-34)35-18-22-37(56-10)23-19-35/h11-23,28-32,38,51-52H,24-27H2,1-10H3,(H2,47,48,49,53,54)/t38-,44+/m1/s1. The van der Waals surface area contributed by atoms with Gasteiger partial charge in [-0.15, -0.1) is 0 Å². The Balaban J connectivity index is 1.70. The second-order valence-electron chi connectivity index (χ2n) is 16.4. The third kappa shape index (κ3) is 9.36. The van der Waals surface area contributed by atoms with Gasteiger partial charge >= 0.3 is 0 Å². The summed E-state index contributed by atoms with van der Waals surface area (Å²) >= 11 is 0. The Hall–Kier alpha value is -4.90. The predicted molar refractivity (Wildman–Crippen MR) is 234 cm³/mol. The van der Waals surface area contributed by atoms with E-state index in [2.05, 4.69) is 61.8 Å². The molecule has 4 N–H and O–H groups in total. The fourth-order valence-electron chi connectivity index (χ4n) is 8.24. The van der Waals surface area contributed by atoms with Gasteiger partial charge < -0.3 is 33.6 Å². The van der Waals surface area contributed by atoms with E-state index in [0.717, 1.165) is 16.7 Å². The Morgan fingerprint density at radius 1 is 0.800 bits per heavy atom. The summed E-state index contributed by atoms with van der Waals surface area (Å²) in [5, 5.41) is 25.4. The number of H-pyrrole nitrogens is 1. The number of hydrogen-bond acceptors (Lipinski definition) is 11. The summed E-state index contributed by atoms with van der Waals surface area (Å²) in [6.07, 6.45) is 0.0861. The lowest BCUT2D eigenvalue weighted by Gasteiger charge is -2.46. The number of amides is 1. The minimum atomic E-state index is -2.61. The smallest absolute Gasteiger partial charge is 0.280 e. The van der Waals surface area contributed by atoms with Crippen molar-refractivity contribution < 1.29 is 38.4 Å². The Labute approximate surface area is 353 Å². The van der Waals surface area contributed by atoms with Crippen molar-refractivity contribution >= 4 is 31.3 Å². The van der Waals surface area contributed by atoms with Crippen LogP contribution in [0.3, 0.4) is 0 Å². The van der Waals surface area contributed by atoms with Gasteiger partial charge in [0, 0.05) is 5.92 Å². The van der Waals surface area contributed by atoms with Crippen molar-refractivity contribution in [3.05, 3.63) is 112 Å². The van der Waals surface area contributed by atoms with Crippen LogP contribution >= 0.6 is 0 Å². The second kappa shape index (κ2) is 19.7.